The van der Waals surface area contributed by atoms with Gasteiger partial charge in [-0.05, 0) is 18.6 Å². The minimum atomic E-state index is 0.493. The normalized spacial score (nSPS) is 16.7. The van der Waals surface area contributed by atoms with Crippen molar-refractivity contribution in [3.05, 3.63) is 24.0 Å². The van der Waals surface area contributed by atoms with E-state index in [1.807, 2.05) is 12.3 Å². The molecule has 1 saturated heterocycles. The van der Waals surface area contributed by atoms with Gasteiger partial charge in [0.1, 0.15) is 0 Å². The van der Waals surface area contributed by atoms with E-state index in [1.54, 1.807) is 0 Å². The van der Waals surface area contributed by atoms with E-state index in [0.29, 0.717) is 6.04 Å². The fourth-order valence-electron chi connectivity index (χ4n) is 1.32. The van der Waals surface area contributed by atoms with Crippen molar-refractivity contribution in [2.75, 3.05) is 18.5 Å². The number of nitrogens with one attached hydrogen (secondary N) is 1. The fourth-order valence-corrected chi connectivity index (χ4v) is 1.32. The Morgan fingerprint density at radius 2 is 2.46 bits per heavy atom. The van der Waals surface area contributed by atoms with E-state index in [1.165, 1.54) is 0 Å². The number of aryl methyl sites for hydroxylation is 1. The van der Waals surface area contributed by atoms with Gasteiger partial charge in [0.15, 0.2) is 0 Å². The minimum absolute atomic E-state index is 0.493. The Morgan fingerprint density at radius 1 is 1.62 bits per heavy atom. The molecule has 0 saturated carbocycles. The van der Waals surface area contributed by atoms with Crippen LogP contribution in [-0.2, 0) is 11.2 Å². The van der Waals surface area contributed by atoms with Gasteiger partial charge in [0.2, 0.25) is 0 Å². The molecule has 0 aliphatic carbocycles. The van der Waals surface area contributed by atoms with Crippen LogP contribution in [0.4, 0.5) is 5.69 Å². The summed E-state index contributed by atoms with van der Waals surface area (Å²) in [7, 11) is 0. The number of hydrogen-bond donors (Lipinski definition) is 1. The van der Waals surface area contributed by atoms with Gasteiger partial charge in [-0.15, -0.1) is 0 Å². The van der Waals surface area contributed by atoms with Crippen molar-refractivity contribution in [2.45, 2.75) is 19.4 Å². The lowest BCUT2D eigenvalue weighted by Gasteiger charge is -2.27. The maximum Gasteiger partial charge on any atom is 0.0728 e. The molecule has 1 N–H and O–H groups in total. The minimum Gasteiger partial charge on any atom is -0.378 e. The number of rotatable bonds is 3. The van der Waals surface area contributed by atoms with Crippen molar-refractivity contribution in [2.24, 2.45) is 0 Å². The summed E-state index contributed by atoms with van der Waals surface area (Å²) >= 11 is 0. The molecule has 70 valence electrons. The van der Waals surface area contributed by atoms with E-state index in [0.717, 1.165) is 31.0 Å². The van der Waals surface area contributed by atoms with Gasteiger partial charge in [-0.1, -0.05) is 6.92 Å². The van der Waals surface area contributed by atoms with Crippen molar-refractivity contribution in [1.82, 2.24) is 4.98 Å². The lowest BCUT2D eigenvalue weighted by atomic mass is 10.2. The Bertz CT molecular complexity index is 284. The van der Waals surface area contributed by atoms with E-state index >= 15 is 0 Å². The summed E-state index contributed by atoms with van der Waals surface area (Å²) in [6, 6.07) is 4.59. The number of ether oxygens (including phenoxy) is 1. The highest BCUT2D eigenvalue weighted by molar-refractivity contribution is 5.44. The number of hydrogen-bond acceptors (Lipinski definition) is 3. The third kappa shape index (κ3) is 1.98. The third-order valence-electron chi connectivity index (χ3n) is 2.19. The smallest absolute Gasteiger partial charge is 0.0728 e. The summed E-state index contributed by atoms with van der Waals surface area (Å²) in [6.07, 6.45) is 2.83. The van der Waals surface area contributed by atoms with Crippen molar-refractivity contribution in [3.63, 3.8) is 0 Å². The van der Waals surface area contributed by atoms with Crippen LogP contribution in [0.15, 0.2) is 18.3 Å². The summed E-state index contributed by atoms with van der Waals surface area (Å²) in [6.45, 7) is 3.76. The number of anilines is 1. The van der Waals surface area contributed by atoms with E-state index in [2.05, 4.69) is 23.3 Å². The summed E-state index contributed by atoms with van der Waals surface area (Å²) < 4.78 is 5.09. The highest BCUT2D eigenvalue weighted by Crippen LogP contribution is 2.13. The van der Waals surface area contributed by atoms with Gasteiger partial charge in [0.25, 0.3) is 0 Å². The van der Waals surface area contributed by atoms with Crippen LogP contribution in [0.5, 0.6) is 0 Å². The molecule has 2 rings (SSSR count). The van der Waals surface area contributed by atoms with E-state index in [-0.39, 0.29) is 0 Å². The average Bonchev–Trinajstić information content (AvgIpc) is 2.12. The van der Waals surface area contributed by atoms with Crippen LogP contribution in [0.1, 0.15) is 12.6 Å². The first-order valence-corrected chi connectivity index (χ1v) is 4.67. The monoisotopic (exact) mass is 178 g/mol. The Labute approximate surface area is 78.1 Å². The molecule has 1 aromatic rings. The van der Waals surface area contributed by atoms with Crippen LogP contribution >= 0.6 is 0 Å². The second kappa shape index (κ2) is 3.75. The zero-order chi connectivity index (χ0) is 9.10. The Kier molecular flexibility index (Phi) is 2.45. The second-order valence-electron chi connectivity index (χ2n) is 3.27. The van der Waals surface area contributed by atoms with Gasteiger partial charge >= 0.3 is 0 Å². The zero-order valence-electron chi connectivity index (χ0n) is 7.79. The van der Waals surface area contributed by atoms with Crippen molar-refractivity contribution in [1.29, 1.82) is 0 Å². The molecule has 0 spiro atoms. The molecule has 0 atom stereocenters. The largest absolute Gasteiger partial charge is 0.378 e. The van der Waals surface area contributed by atoms with Crippen LogP contribution in [0.25, 0.3) is 0 Å². The van der Waals surface area contributed by atoms with Crippen LogP contribution in [0.2, 0.25) is 0 Å². The fraction of sp³-hybridized carbons (Fsp3) is 0.500. The van der Waals surface area contributed by atoms with E-state index in [9.17, 15) is 0 Å². The molecule has 2 heterocycles. The summed E-state index contributed by atoms with van der Waals surface area (Å²) in [4.78, 5) is 4.24. The lowest BCUT2D eigenvalue weighted by molar-refractivity contribution is 0.0211. The quantitative estimate of drug-likeness (QED) is 0.760. The molecule has 0 bridgehead atoms. The first-order valence-electron chi connectivity index (χ1n) is 4.67. The first kappa shape index (κ1) is 8.51. The zero-order valence-corrected chi connectivity index (χ0v) is 7.79. The second-order valence-corrected chi connectivity index (χ2v) is 3.27. The standard InChI is InChI=1S/C10H14N2O/c1-2-8-5-9(3-4-11-8)12-10-6-13-7-10/h3-5,10H,2,6-7H2,1H3,(H,11,12). The van der Waals surface area contributed by atoms with Gasteiger partial charge < -0.3 is 10.1 Å². The summed E-state index contributed by atoms with van der Waals surface area (Å²) in [5.74, 6) is 0. The van der Waals surface area contributed by atoms with Crippen LogP contribution in [0, 0.1) is 0 Å². The third-order valence-corrected chi connectivity index (χ3v) is 2.19. The number of nitrogens with zero attached hydrogens (tertiary/aromatic N) is 1. The molecule has 3 heteroatoms. The van der Waals surface area contributed by atoms with Gasteiger partial charge in [0, 0.05) is 17.6 Å². The van der Waals surface area contributed by atoms with Crippen LogP contribution in [0.3, 0.4) is 0 Å². The first-order chi connectivity index (χ1) is 6.38. The molecular formula is C10H14N2O. The van der Waals surface area contributed by atoms with Crippen molar-refractivity contribution >= 4 is 5.69 Å². The van der Waals surface area contributed by atoms with Crippen LogP contribution in [-0.4, -0.2) is 24.2 Å². The summed E-state index contributed by atoms with van der Waals surface area (Å²) in [5, 5.41) is 3.39. The molecule has 0 aromatic carbocycles. The van der Waals surface area contributed by atoms with Gasteiger partial charge in [0.05, 0.1) is 19.3 Å². The highest BCUT2D eigenvalue weighted by atomic mass is 16.5. The Hall–Kier alpha value is -1.09. The molecule has 0 amide bonds. The lowest BCUT2D eigenvalue weighted by Crippen LogP contribution is -2.40. The van der Waals surface area contributed by atoms with E-state index < -0.39 is 0 Å². The van der Waals surface area contributed by atoms with Crippen molar-refractivity contribution < 1.29 is 4.74 Å². The molecule has 3 nitrogen and oxygen atoms in total. The molecule has 1 aromatic heterocycles. The maximum absolute atomic E-state index is 5.09. The van der Waals surface area contributed by atoms with Crippen LogP contribution < -0.4 is 5.32 Å². The molecule has 1 aliphatic heterocycles. The van der Waals surface area contributed by atoms with E-state index in [4.69, 9.17) is 4.74 Å². The number of pyridine rings is 1. The topological polar surface area (TPSA) is 34.1 Å². The van der Waals surface area contributed by atoms with Crippen molar-refractivity contribution in [3.8, 4) is 0 Å². The van der Waals surface area contributed by atoms with Gasteiger partial charge in [-0.3, -0.25) is 4.98 Å². The highest BCUT2D eigenvalue weighted by Gasteiger charge is 2.17. The number of aromatic nitrogens is 1. The molecule has 1 fully saturated rings. The van der Waals surface area contributed by atoms with Gasteiger partial charge in [-0.25, -0.2) is 0 Å². The molecule has 13 heavy (non-hydrogen) atoms. The maximum atomic E-state index is 5.09. The molecule has 0 radical (unpaired) electrons. The molecule has 1 aliphatic rings. The average molecular weight is 178 g/mol. The molecular weight excluding hydrogens is 164 g/mol. The van der Waals surface area contributed by atoms with Gasteiger partial charge in [-0.2, -0.15) is 0 Å². The predicted octanol–water partition coefficient (Wildman–Crippen LogP) is 1.45. The predicted molar refractivity (Wildman–Crippen MR) is 51.8 cm³/mol. The Balaban J connectivity index is 2.01. The summed E-state index contributed by atoms with van der Waals surface area (Å²) in [5.41, 5.74) is 2.28. The molecule has 0 unspecified atom stereocenters. The Morgan fingerprint density at radius 3 is 3.08 bits per heavy atom. The SMILES string of the molecule is CCc1cc(NC2COC2)ccn1.